The molecule has 11 heavy (non-hydrogen) atoms. The minimum absolute atomic E-state index is 0. The van der Waals surface area contributed by atoms with Gasteiger partial charge >= 0.3 is 0 Å². The summed E-state index contributed by atoms with van der Waals surface area (Å²) in [6, 6.07) is 0. The van der Waals surface area contributed by atoms with E-state index in [0.717, 1.165) is 6.26 Å². The first-order valence-electron chi connectivity index (χ1n) is 0.742. The zero-order valence-corrected chi connectivity index (χ0v) is 26.4. The predicted octanol–water partition coefficient (Wildman–Crippen LogP) is -0.522. The van der Waals surface area contributed by atoms with Crippen LogP contribution in [0.3, 0.4) is 0 Å². The molecule has 0 radical (unpaired) electrons. The van der Waals surface area contributed by atoms with Crippen LogP contribution in [0.4, 0.5) is 0 Å². The summed E-state index contributed by atoms with van der Waals surface area (Å²) in [6.07, 6.45) is 1.08. The summed E-state index contributed by atoms with van der Waals surface area (Å²) in [5.74, 6) is 0. The van der Waals surface area contributed by atoms with Crippen molar-refractivity contribution in [3.8, 4) is 0 Å². The Hall–Kier alpha value is 4.93. The van der Waals surface area contributed by atoms with Gasteiger partial charge in [-0.2, -0.15) is 0 Å². The molecule has 0 saturated heterocycles. The molecule has 0 bridgehead atoms. The van der Waals surface area contributed by atoms with Crippen molar-refractivity contribution in [2.45, 2.75) is 0 Å². The summed E-state index contributed by atoms with van der Waals surface area (Å²) in [4.78, 5) is 0. The molecule has 0 amide bonds. The van der Waals surface area contributed by atoms with Gasteiger partial charge in [0.2, 0.25) is 0 Å². The van der Waals surface area contributed by atoms with E-state index in [4.69, 9.17) is 8.76 Å². The molecule has 0 aliphatic rings. The first-order chi connectivity index (χ1) is 1.73. The van der Waals surface area contributed by atoms with E-state index >= 15 is 0 Å². The molecule has 0 spiro atoms. The van der Waals surface area contributed by atoms with Crippen LogP contribution >= 0.6 is 0 Å². The SMILES string of the molecule is CS(=O)[O-].[W].[W].[W].[W].[W].[W].[W]. The summed E-state index contributed by atoms with van der Waals surface area (Å²) >= 11 is -1.86. The fourth-order valence-corrected chi connectivity index (χ4v) is 0. The van der Waals surface area contributed by atoms with Gasteiger partial charge in [0.05, 0.1) is 0 Å². The summed E-state index contributed by atoms with van der Waals surface area (Å²) < 4.78 is 18.0. The minimum atomic E-state index is -1.86. The van der Waals surface area contributed by atoms with Crippen LogP contribution in [-0.2, 0) is 159 Å². The van der Waals surface area contributed by atoms with Gasteiger partial charge in [0.25, 0.3) is 0 Å². The number of hydrogen-bond acceptors (Lipinski definition) is 2. The molecule has 0 aromatic carbocycles. The molecule has 0 fully saturated rings. The largest absolute Gasteiger partial charge is 0.773 e. The molecule has 0 N–H and O–H groups in total. The molecule has 1 atom stereocenters. The van der Waals surface area contributed by atoms with Crippen molar-refractivity contribution in [1.82, 2.24) is 0 Å². The molecule has 2 nitrogen and oxygen atoms in total. The monoisotopic (exact) mass is 1370 g/mol. The van der Waals surface area contributed by atoms with Crippen LogP contribution in [0.5, 0.6) is 0 Å². The van der Waals surface area contributed by atoms with Gasteiger partial charge in [-0.1, -0.05) is 11.1 Å². The summed E-state index contributed by atoms with van der Waals surface area (Å²) in [6.45, 7) is 0. The Kier molecular flexibility index (Phi) is 237. The Morgan fingerprint density at radius 1 is 0.818 bits per heavy atom. The van der Waals surface area contributed by atoms with Crippen LogP contribution in [0.2, 0.25) is 0 Å². The van der Waals surface area contributed by atoms with Crippen molar-refractivity contribution < 1.29 is 156 Å². The summed E-state index contributed by atoms with van der Waals surface area (Å²) in [5, 5.41) is 0. The first kappa shape index (κ1) is 56.5. The summed E-state index contributed by atoms with van der Waals surface area (Å²) in [5.41, 5.74) is 0. The number of hydrogen-bond donors (Lipinski definition) is 0. The van der Waals surface area contributed by atoms with Crippen LogP contribution in [-0.4, -0.2) is 15.0 Å². The van der Waals surface area contributed by atoms with Crippen LogP contribution < -0.4 is 0 Å². The normalized spacial score (nSPS) is 5.64. The van der Waals surface area contributed by atoms with E-state index in [9.17, 15) is 0 Å². The van der Waals surface area contributed by atoms with E-state index in [1.165, 1.54) is 0 Å². The molecule has 68 valence electrons. The second kappa shape index (κ2) is 46.1. The molecule has 0 aromatic rings. The van der Waals surface area contributed by atoms with Gasteiger partial charge in [0.15, 0.2) is 0 Å². The smallest absolute Gasteiger partial charge is 0 e. The third-order valence-corrected chi connectivity index (χ3v) is 0. The average Bonchev–Trinajstić information content (AvgIpc) is 0.811. The van der Waals surface area contributed by atoms with Gasteiger partial charge in [-0.15, -0.1) is 0 Å². The Bertz CT molecular complexity index is 39.4. The van der Waals surface area contributed by atoms with E-state index in [1.807, 2.05) is 0 Å². The molecule has 0 aliphatic heterocycles. The van der Waals surface area contributed by atoms with Crippen molar-refractivity contribution in [3.05, 3.63) is 0 Å². The Morgan fingerprint density at radius 2 is 0.818 bits per heavy atom. The Labute approximate surface area is 170 Å². The average molecular weight is 1370 g/mol. The standard InChI is InChI=1S/CH4O2S.7W/c1-4(2)3;;;;;;;/h1H3,(H,2,3);;;;;;;/p-1. The molecule has 0 saturated carbocycles. The Morgan fingerprint density at radius 3 is 0.818 bits per heavy atom. The van der Waals surface area contributed by atoms with Gasteiger partial charge in [-0.05, 0) is 6.26 Å². The van der Waals surface area contributed by atoms with Crippen LogP contribution in [0.25, 0.3) is 0 Å². The summed E-state index contributed by atoms with van der Waals surface area (Å²) in [7, 11) is 0. The van der Waals surface area contributed by atoms with E-state index in [2.05, 4.69) is 0 Å². The third kappa shape index (κ3) is 103. The molecule has 0 heterocycles. The first-order valence-corrected chi connectivity index (χ1v) is 2.22. The maximum Gasteiger partial charge on any atom is 0 e. The molecular weight excluding hydrogens is 1360 g/mol. The van der Waals surface area contributed by atoms with Gasteiger partial charge < -0.3 is 4.55 Å². The van der Waals surface area contributed by atoms with Gasteiger partial charge in [-0.25, -0.2) is 0 Å². The van der Waals surface area contributed by atoms with Gasteiger partial charge in [0, 0.05) is 147 Å². The second-order valence-corrected chi connectivity index (χ2v) is 1.20. The third-order valence-electron chi connectivity index (χ3n) is 0. The van der Waals surface area contributed by atoms with Crippen LogP contribution in [0.15, 0.2) is 0 Å². The van der Waals surface area contributed by atoms with Crippen molar-refractivity contribution in [1.29, 1.82) is 0 Å². The Balaban J connectivity index is -0.00000000214. The molecule has 0 aliphatic carbocycles. The number of rotatable bonds is 0. The molecule has 10 heteroatoms. The molecule has 0 rings (SSSR count). The fraction of sp³-hybridized carbons (Fsp3) is 1.00. The van der Waals surface area contributed by atoms with Crippen molar-refractivity contribution in [3.63, 3.8) is 0 Å². The van der Waals surface area contributed by atoms with Crippen molar-refractivity contribution in [2.24, 2.45) is 0 Å². The molecule has 1 unspecified atom stereocenters. The molecular formula is CH3O2SW7-. The van der Waals surface area contributed by atoms with E-state index in [-0.39, 0.29) is 147 Å². The van der Waals surface area contributed by atoms with Crippen molar-refractivity contribution >= 4 is 11.1 Å². The zero-order chi connectivity index (χ0) is 3.58. The second-order valence-electron chi connectivity index (χ2n) is 0.401. The van der Waals surface area contributed by atoms with E-state index in [0.29, 0.717) is 0 Å². The maximum atomic E-state index is 9.00. The zero-order valence-electron chi connectivity index (χ0n) is 5.08. The fourth-order valence-electron chi connectivity index (χ4n) is 0. The molecule has 0 aromatic heterocycles. The van der Waals surface area contributed by atoms with E-state index in [1.54, 1.807) is 0 Å². The minimum Gasteiger partial charge on any atom is -0.773 e. The van der Waals surface area contributed by atoms with Crippen molar-refractivity contribution in [2.75, 3.05) is 6.26 Å². The van der Waals surface area contributed by atoms with Gasteiger partial charge in [-0.3, -0.25) is 4.21 Å². The van der Waals surface area contributed by atoms with Gasteiger partial charge in [0.1, 0.15) is 0 Å². The quantitative estimate of drug-likeness (QED) is 0.307. The maximum absolute atomic E-state index is 9.00. The topological polar surface area (TPSA) is 40.1 Å². The van der Waals surface area contributed by atoms with E-state index < -0.39 is 11.1 Å². The predicted molar refractivity (Wildman–Crippen MR) is 14.8 cm³/mol. The van der Waals surface area contributed by atoms with Crippen LogP contribution in [0.1, 0.15) is 0 Å². The van der Waals surface area contributed by atoms with Crippen LogP contribution in [0, 0.1) is 0 Å².